The number of amides is 1. The number of carbonyl (C=O) groups is 1. The Balaban J connectivity index is 1.69. The number of nitrogens with zero attached hydrogens (tertiary/aromatic N) is 1. The summed E-state index contributed by atoms with van der Waals surface area (Å²) in [6, 6.07) is 16.5. The Kier molecular flexibility index (Phi) is 2.92. The van der Waals surface area contributed by atoms with Crippen LogP contribution in [-0.2, 0) is 0 Å². The van der Waals surface area contributed by atoms with Crippen LogP contribution in [0.3, 0.4) is 0 Å². The maximum atomic E-state index is 13.0. The number of para-hydroxylation sites is 2. The Labute approximate surface area is 140 Å². The first-order valence-corrected chi connectivity index (χ1v) is 8.55. The van der Waals surface area contributed by atoms with Gasteiger partial charge in [0.1, 0.15) is 0 Å². The molecule has 3 aromatic rings. The molecule has 2 aliphatic heterocycles. The van der Waals surface area contributed by atoms with Crippen LogP contribution in [0.1, 0.15) is 34.8 Å². The number of rotatable bonds is 1. The van der Waals surface area contributed by atoms with Crippen LogP contribution in [-0.4, -0.2) is 28.4 Å². The van der Waals surface area contributed by atoms with Crippen molar-refractivity contribution in [2.45, 2.75) is 24.9 Å². The number of benzene rings is 2. The summed E-state index contributed by atoms with van der Waals surface area (Å²) in [6.07, 6.45) is 4.20. The minimum absolute atomic E-state index is 0.108. The first kappa shape index (κ1) is 13.7. The van der Waals surface area contributed by atoms with E-state index < -0.39 is 0 Å². The van der Waals surface area contributed by atoms with E-state index in [-0.39, 0.29) is 18.0 Å². The molecule has 24 heavy (non-hydrogen) atoms. The molecule has 5 rings (SSSR count). The molecule has 0 radical (unpaired) electrons. The third-order valence-corrected chi connectivity index (χ3v) is 5.37. The highest BCUT2D eigenvalue weighted by molar-refractivity contribution is 6.01. The van der Waals surface area contributed by atoms with Crippen molar-refractivity contribution in [2.24, 2.45) is 0 Å². The first-order chi connectivity index (χ1) is 11.8. The maximum absolute atomic E-state index is 13.0. The molecule has 2 N–H and O–H groups in total. The van der Waals surface area contributed by atoms with E-state index in [1.807, 2.05) is 30.3 Å². The molecule has 120 valence electrons. The van der Waals surface area contributed by atoms with E-state index in [0.29, 0.717) is 0 Å². The molecule has 0 unspecified atom stereocenters. The van der Waals surface area contributed by atoms with Gasteiger partial charge in [-0.3, -0.25) is 4.79 Å². The van der Waals surface area contributed by atoms with Gasteiger partial charge >= 0.3 is 0 Å². The van der Waals surface area contributed by atoms with E-state index in [2.05, 4.69) is 39.6 Å². The molecule has 0 spiro atoms. The van der Waals surface area contributed by atoms with Crippen molar-refractivity contribution in [3.05, 3.63) is 65.9 Å². The Morgan fingerprint density at radius 2 is 1.88 bits per heavy atom. The van der Waals surface area contributed by atoms with E-state index in [9.17, 15) is 4.79 Å². The molecule has 3 heterocycles. The number of nitrogens with one attached hydrogen (secondary N) is 2. The molecule has 4 nitrogen and oxygen atoms in total. The van der Waals surface area contributed by atoms with Crippen LogP contribution in [0.25, 0.3) is 10.9 Å². The van der Waals surface area contributed by atoms with Crippen molar-refractivity contribution in [1.82, 2.24) is 9.88 Å². The average Bonchev–Trinajstić information content (AvgIpc) is 3.25. The van der Waals surface area contributed by atoms with Crippen LogP contribution >= 0.6 is 0 Å². The minimum atomic E-state index is 0.108. The summed E-state index contributed by atoms with van der Waals surface area (Å²) >= 11 is 0. The molecule has 1 aromatic heterocycles. The first-order valence-electron chi connectivity index (χ1n) is 8.55. The summed E-state index contributed by atoms with van der Waals surface area (Å²) in [4.78, 5) is 18.4. The number of aromatic nitrogens is 1. The summed E-state index contributed by atoms with van der Waals surface area (Å²) in [6.45, 7) is 0.846. The van der Waals surface area contributed by atoms with Crippen LogP contribution in [0.4, 0.5) is 5.69 Å². The van der Waals surface area contributed by atoms with Crippen molar-refractivity contribution >= 4 is 22.5 Å². The van der Waals surface area contributed by atoms with Gasteiger partial charge < -0.3 is 15.2 Å². The second-order valence-corrected chi connectivity index (χ2v) is 6.67. The third-order valence-electron chi connectivity index (χ3n) is 5.37. The molecule has 0 bridgehead atoms. The zero-order valence-electron chi connectivity index (χ0n) is 13.3. The van der Waals surface area contributed by atoms with Crippen LogP contribution < -0.4 is 5.32 Å². The van der Waals surface area contributed by atoms with Crippen molar-refractivity contribution in [2.75, 3.05) is 11.9 Å². The predicted molar refractivity (Wildman–Crippen MR) is 95.2 cm³/mol. The zero-order chi connectivity index (χ0) is 16.1. The summed E-state index contributed by atoms with van der Waals surface area (Å²) in [7, 11) is 0. The molecule has 2 aliphatic rings. The van der Waals surface area contributed by atoms with E-state index >= 15 is 0 Å². The summed E-state index contributed by atoms with van der Waals surface area (Å²) < 4.78 is 0. The van der Waals surface area contributed by atoms with Crippen molar-refractivity contribution in [1.29, 1.82) is 0 Å². The van der Waals surface area contributed by atoms with Crippen LogP contribution in [0.15, 0.2) is 54.7 Å². The minimum Gasteiger partial charge on any atom is -0.375 e. The van der Waals surface area contributed by atoms with E-state index in [1.165, 1.54) is 10.9 Å². The van der Waals surface area contributed by atoms with Gasteiger partial charge in [0.2, 0.25) is 0 Å². The predicted octanol–water partition coefficient (Wildman–Crippen LogP) is 3.94. The smallest absolute Gasteiger partial charge is 0.256 e. The number of aromatic amines is 1. The molecular weight excluding hydrogens is 298 g/mol. The second kappa shape index (κ2) is 5.13. The molecule has 2 aromatic carbocycles. The van der Waals surface area contributed by atoms with Gasteiger partial charge in [-0.2, -0.15) is 0 Å². The fourth-order valence-corrected chi connectivity index (χ4v) is 4.24. The topological polar surface area (TPSA) is 48.1 Å². The van der Waals surface area contributed by atoms with Gasteiger partial charge in [-0.1, -0.05) is 30.3 Å². The molecule has 2 atom stereocenters. The molecule has 0 aliphatic carbocycles. The van der Waals surface area contributed by atoms with Crippen molar-refractivity contribution < 1.29 is 4.79 Å². The van der Waals surface area contributed by atoms with E-state index in [4.69, 9.17) is 0 Å². The van der Waals surface area contributed by atoms with E-state index in [0.717, 1.165) is 36.2 Å². The molecule has 1 saturated heterocycles. The highest BCUT2D eigenvalue weighted by Gasteiger charge is 2.40. The lowest BCUT2D eigenvalue weighted by molar-refractivity contribution is 0.0731. The lowest BCUT2D eigenvalue weighted by Gasteiger charge is -2.29. The van der Waals surface area contributed by atoms with Gasteiger partial charge in [-0.25, -0.2) is 0 Å². The molecule has 0 saturated carbocycles. The Bertz CT molecular complexity index is 929. The largest absolute Gasteiger partial charge is 0.375 e. The quantitative estimate of drug-likeness (QED) is 0.714. The molecule has 1 fully saturated rings. The molecular formula is C20H19N3O. The van der Waals surface area contributed by atoms with Gasteiger partial charge in [0.15, 0.2) is 0 Å². The van der Waals surface area contributed by atoms with Gasteiger partial charge in [-0.15, -0.1) is 0 Å². The lowest BCUT2D eigenvalue weighted by Crippen LogP contribution is -2.38. The second-order valence-electron chi connectivity index (χ2n) is 6.67. The van der Waals surface area contributed by atoms with Crippen molar-refractivity contribution in [3.8, 4) is 0 Å². The highest BCUT2D eigenvalue weighted by Crippen LogP contribution is 2.39. The van der Waals surface area contributed by atoms with Gasteiger partial charge in [-0.05, 0) is 31.0 Å². The summed E-state index contributed by atoms with van der Waals surface area (Å²) in [5.41, 5.74) is 4.11. The van der Waals surface area contributed by atoms with E-state index in [1.54, 1.807) is 0 Å². The average molecular weight is 317 g/mol. The van der Waals surface area contributed by atoms with Crippen molar-refractivity contribution in [3.63, 3.8) is 0 Å². The summed E-state index contributed by atoms with van der Waals surface area (Å²) in [5.74, 6) is 0.156. The highest BCUT2D eigenvalue weighted by atomic mass is 16.2. The Hall–Kier alpha value is -2.75. The maximum Gasteiger partial charge on any atom is 0.256 e. The number of H-pyrrole nitrogens is 1. The van der Waals surface area contributed by atoms with Crippen LogP contribution in [0.5, 0.6) is 0 Å². The third kappa shape index (κ3) is 1.89. The zero-order valence-corrected chi connectivity index (χ0v) is 13.3. The SMILES string of the molecule is O=C1c2ccccc2N[C@@H](c2c[nH]c3ccccc23)[C@@H]2CCCN12. The van der Waals surface area contributed by atoms with Gasteiger partial charge in [0, 0.05) is 34.9 Å². The monoisotopic (exact) mass is 317 g/mol. The number of hydrogen-bond donors (Lipinski definition) is 2. The van der Waals surface area contributed by atoms with Gasteiger partial charge in [0.05, 0.1) is 17.6 Å². The Morgan fingerprint density at radius 1 is 1.04 bits per heavy atom. The summed E-state index contributed by atoms with van der Waals surface area (Å²) in [5, 5.41) is 4.90. The standard InChI is InChI=1S/C20H19N3O/c24-20-14-7-2-4-9-17(14)22-19(18-10-5-11-23(18)20)15-12-21-16-8-3-1-6-13(15)16/h1-4,6-9,12,18-19,21-22H,5,10-11H2/t18-,19-/m0/s1. The normalized spacial score (nSPS) is 22.8. The van der Waals surface area contributed by atoms with Crippen LogP contribution in [0.2, 0.25) is 0 Å². The number of fused-ring (bicyclic) bond motifs is 3. The Morgan fingerprint density at radius 3 is 2.83 bits per heavy atom. The fraction of sp³-hybridized carbons (Fsp3) is 0.250. The van der Waals surface area contributed by atoms with Crippen LogP contribution in [0, 0.1) is 0 Å². The lowest BCUT2D eigenvalue weighted by atomic mass is 9.97. The fourth-order valence-electron chi connectivity index (χ4n) is 4.24. The number of hydrogen-bond acceptors (Lipinski definition) is 2. The molecule has 4 heteroatoms. The number of carbonyl (C=O) groups excluding carboxylic acids is 1. The number of anilines is 1. The molecule has 1 amide bonds. The van der Waals surface area contributed by atoms with Gasteiger partial charge in [0.25, 0.3) is 5.91 Å².